The number of nitrogens with one attached hydrogen (secondary N) is 1. The summed E-state index contributed by atoms with van der Waals surface area (Å²) < 4.78 is 7.23. The van der Waals surface area contributed by atoms with Crippen LogP contribution in [-0.4, -0.2) is 46.2 Å². The lowest BCUT2D eigenvalue weighted by molar-refractivity contribution is -0.136. The van der Waals surface area contributed by atoms with Gasteiger partial charge < -0.3 is 15.0 Å². The molecule has 9 heteroatoms. The van der Waals surface area contributed by atoms with Crippen molar-refractivity contribution >= 4 is 40.8 Å². The van der Waals surface area contributed by atoms with Crippen molar-refractivity contribution in [2.75, 3.05) is 25.0 Å². The molecule has 0 saturated carbocycles. The number of ether oxygens (including phenoxy) is 1. The van der Waals surface area contributed by atoms with E-state index in [-0.39, 0.29) is 30.4 Å². The number of benzene rings is 2. The van der Waals surface area contributed by atoms with Gasteiger partial charge in [-0.15, -0.1) is 0 Å². The highest BCUT2D eigenvalue weighted by Gasteiger charge is 2.23. The van der Waals surface area contributed by atoms with Gasteiger partial charge in [-0.2, -0.15) is 5.10 Å². The Morgan fingerprint density at radius 3 is 2.42 bits per heavy atom. The summed E-state index contributed by atoms with van der Waals surface area (Å²) in [5.41, 5.74) is 1.20. The van der Waals surface area contributed by atoms with E-state index >= 15 is 0 Å². The third kappa shape index (κ3) is 7.48. The topological polar surface area (TPSA) is 76.5 Å². The normalized spacial score (nSPS) is 11.3. The largest absolute Gasteiger partial charge is 0.484 e. The Balaban J connectivity index is 1.78. The van der Waals surface area contributed by atoms with Crippen molar-refractivity contribution in [1.29, 1.82) is 0 Å². The summed E-state index contributed by atoms with van der Waals surface area (Å²) >= 11 is 12.3. The fourth-order valence-electron chi connectivity index (χ4n) is 3.40. The third-order valence-electron chi connectivity index (χ3n) is 5.47. The monoisotopic (exact) mass is 530 g/mol. The van der Waals surface area contributed by atoms with Crippen LogP contribution in [0.4, 0.5) is 5.82 Å². The zero-order valence-electron chi connectivity index (χ0n) is 21.1. The number of anilines is 1. The Morgan fingerprint density at radius 1 is 1.06 bits per heavy atom. The minimum Gasteiger partial charge on any atom is -0.484 e. The number of nitrogens with zero attached hydrogens (tertiary/aromatic N) is 3. The Bertz CT molecular complexity index is 1190. The van der Waals surface area contributed by atoms with Crippen molar-refractivity contribution in [2.24, 2.45) is 0 Å². The van der Waals surface area contributed by atoms with Crippen molar-refractivity contribution in [3.8, 4) is 11.4 Å². The summed E-state index contributed by atoms with van der Waals surface area (Å²) in [6.45, 7) is 8.37. The van der Waals surface area contributed by atoms with Gasteiger partial charge in [-0.05, 0) is 36.8 Å². The van der Waals surface area contributed by atoms with Crippen molar-refractivity contribution < 1.29 is 14.3 Å². The van der Waals surface area contributed by atoms with E-state index in [0.29, 0.717) is 33.8 Å². The van der Waals surface area contributed by atoms with Crippen molar-refractivity contribution in [1.82, 2.24) is 14.7 Å². The number of carbonyl (C=O) groups is 2. The molecular weight excluding hydrogens is 499 g/mol. The van der Waals surface area contributed by atoms with Gasteiger partial charge in [0.2, 0.25) is 5.91 Å². The van der Waals surface area contributed by atoms with E-state index < -0.39 is 0 Å². The zero-order valence-corrected chi connectivity index (χ0v) is 22.6. The summed E-state index contributed by atoms with van der Waals surface area (Å²) in [5.74, 6) is 0.495. The van der Waals surface area contributed by atoms with Crippen LogP contribution >= 0.6 is 23.2 Å². The molecule has 0 fully saturated rings. The molecule has 0 aliphatic rings. The molecule has 3 rings (SSSR count). The number of rotatable bonds is 10. The summed E-state index contributed by atoms with van der Waals surface area (Å²) in [6.07, 6.45) is 1.67. The molecule has 0 spiro atoms. The molecule has 0 unspecified atom stereocenters. The van der Waals surface area contributed by atoms with Crippen LogP contribution in [0.25, 0.3) is 5.69 Å². The highest BCUT2D eigenvalue weighted by Crippen LogP contribution is 2.29. The van der Waals surface area contributed by atoms with Crippen LogP contribution in [-0.2, 0) is 15.0 Å². The molecule has 0 atom stereocenters. The molecule has 0 radical (unpaired) electrons. The number of hydrogen-bond acceptors (Lipinski definition) is 4. The Hall–Kier alpha value is -3.03. The van der Waals surface area contributed by atoms with Gasteiger partial charge >= 0.3 is 0 Å². The lowest BCUT2D eigenvalue weighted by atomic mass is 9.92. The summed E-state index contributed by atoms with van der Waals surface area (Å²) in [4.78, 5) is 27.5. The predicted molar refractivity (Wildman–Crippen MR) is 144 cm³/mol. The molecule has 36 heavy (non-hydrogen) atoms. The number of aromatic nitrogens is 2. The summed E-state index contributed by atoms with van der Waals surface area (Å²) in [7, 11) is 0. The van der Waals surface area contributed by atoms with Crippen molar-refractivity contribution in [3.05, 3.63) is 70.3 Å². The first-order valence-corrected chi connectivity index (χ1v) is 12.7. The third-order valence-corrected chi connectivity index (χ3v) is 6.21. The molecule has 2 amide bonds. The van der Waals surface area contributed by atoms with Crippen LogP contribution < -0.4 is 10.1 Å². The minimum atomic E-state index is -0.333. The number of para-hydroxylation sites is 1. The summed E-state index contributed by atoms with van der Waals surface area (Å²) in [6, 6.07) is 16.1. The molecule has 192 valence electrons. The summed E-state index contributed by atoms with van der Waals surface area (Å²) in [5, 5.41) is 8.44. The maximum atomic E-state index is 13.1. The lowest BCUT2D eigenvalue weighted by Gasteiger charge is -2.22. The second kappa shape index (κ2) is 12.3. The molecule has 1 N–H and O–H groups in total. The van der Waals surface area contributed by atoms with Gasteiger partial charge in [0.1, 0.15) is 18.1 Å². The Morgan fingerprint density at radius 2 is 1.78 bits per heavy atom. The number of amides is 2. The van der Waals surface area contributed by atoms with E-state index in [1.165, 1.54) is 4.90 Å². The standard InChI is InChI=1S/C27H32Cl2N4O3/c1-5-6-14-32(26(35)18-36-20-10-8-7-9-11-20)17-25(34)30-24-16-23(27(2,3)4)31-33(24)19-12-13-21(28)22(29)15-19/h7-13,15-16H,5-6,14,17-18H2,1-4H3,(H,30,34). The molecule has 3 aromatic rings. The molecular formula is C27H32Cl2N4O3. The smallest absolute Gasteiger partial charge is 0.260 e. The SMILES string of the molecule is CCCCN(CC(=O)Nc1cc(C(C)(C)C)nn1-c1ccc(Cl)c(Cl)c1)C(=O)COc1ccccc1. The maximum absolute atomic E-state index is 13.1. The average Bonchev–Trinajstić information content (AvgIpc) is 3.26. The average molecular weight is 531 g/mol. The number of hydrogen-bond donors (Lipinski definition) is 1. The first-order valence-electron chi connectivity index (χ1n) is 11.9. The zero-order chi connectivity index (χ0) is 26.3. The number of unbranched alkanes of at least 4 members (excludes halogenated alkanes) is 1. The number of halogens is 2. The molecule has 0 bridgehead atoms. The second-order valence-electron chi connectivity index (χ2n) is 9.49. The van der Waals surface area contributed by atoms with E-state index in [2.05, 4.69) is 5.32 Å². The minimum absolute atomic E-state index is 0.103. The molecule has 0 aliphatic heterocycles. The second-order valence-corrected chi connectivity index (χ2v) is 10.3. The van der Waals surface area contributed by atoms with Gasteiger partial charge in [0.25, 0.3) is 5.91 Å². The van der Waals surface area contributed by atoms with Crippen LogP contribution in [0, 0.1) is 0 Å². The van der Waals surface area contributed by atoms with Gasteiger partial charge in [-0.1, -0.05) is 75.5 Å². The van der Waals surface area contributed by atoms with Crippen molar-refractivity contribution in [2.45, 2.75) is 46.0 Å². The first kappa shape index (κ1) is 27.6. The number of carbonyl (C=O) groups excluding carboxylic acids is 2. The van der Waals surface area contributed by atoms with E-state index in [0.717, 1.165) is 18.5 Å². The van der Waals surface area contributed by atoms with Crippen LogP contribution in [0.15, 0.2) is 54.6 Å². The Kier molecular flexibility index (Phi) is 9.40. The van der Waals surface area contributed by atoms with Crippen molar-refractivity contribution in [3.63, 3.8) is 0 Å². The van der Waals surface area contributed by atoms with Gasteiger partial charge in [-0.3, -0.25) is 9.59 Å². The van der Waals surface area contributed by atoms with Gasteiger partial charge in [-0.25, -0.2) is 4.68 Å². The highest BCUT2D eigenvalue weighted by molar-refractivity contribution is 6.42. The van der Waals surface area contributed by atoms with Crippen LogP contribution in [0.5, 0.6) is 5.75 Å². The van der Waals surface area contributed by atoms with Gasteiger partial charge in [0.05, 0.1) is 21.4 Å². The molecule has 0 saturated heterocycles. The van der Waals surface area contributed by atoms with Crippen LogP contribution in [0.3, 0.4) is 0 Å². The highest BCUT2D eigenvalue weighted by atomic mass is 35.5. The van der Waals surface area contributed by atoms with Gasteiger partial charge in [0.15, 0.2) is 6.61 Å². The van der Waals surface area contributed by atoms with E-state index in [1.54, 1.807) is 35.0 Å². The molecule has 2 aromatic carbocycles. The van der Waals surface area contributed by atoms with Crippen LogP contribution in [0.1, 0.15) is 46.2 Å². The Labute approximate surface area is 222 Å². The maximum Gasteiger partial charge on any atom is 0.260 e. The lowest BCUT2D eigenvalue weighted by Crippen LogP contribution is -2.41. The first-order chi connectivity index (χ1) is 17.1. The fourth-order valence-corrected chi connectivity index (χ4v) is 3.69. The molecule has 7 nitrogen and oxygen atoms in total. The van der Waals surface area contributed by atoms with Crippen LogP contribution in [0.2, 0.25) is 10.0 Å². The van der Waals surface area contributed by atoms with Gasteiger partial charge in [0, 0.05) is 18.0 Å². The molecule has 0 aliphatic carbocycles. The molecule has 1 aromatic heterocycles. The quantitative estimate of drug-likeness (QED) is 0.342. The fraction of sp³-hybridized carbons (Fsp3) is 0.370. The molecule has 1 heterocycles. The van der Waals surface area contributed by atoms with E-state index in [1.807, 2.05) is 52.0 Å². The van der Waals surface area contributed by atoms with E-state index in [4.69, 9.17) is 33.0 Å². The predicted octanol–water partition coefficient (Wildman–Crippen LogP) is 6.12. The van der Waals surface area contributed by atoms with E-state index in [9.17, 15) is 9.59 Å².